The molecule has 5 heteroatoms. The number of aliphatic hydroxyl groups excluding tert-OH is 1. The molecule has 1 rings (SSSR count). The van der Waals surface area contributed by atoms with Crippen LogP contribution in [0, 0.1) is 5.92 Å². The van der Waals surface area contributed by atoms with Gasteiger partial charge in [0, 0.05) is 18.8 Å². The van der Waals surface area contributed by atoms with Crippen molar-refractivity contribution in [1.29, 1.82) is 0 Å². The molecule has 0 radical (unpaired) electrons. The van der Waals surface area contributed by atoms with E-state index in [1.165, 1.54) is 0 Å². The molecular formula is C9H18O4S. The summed E-state index contributed by atoms with van der Waals surface area (Å²) in [6, 6.07) is 0. The van der Waals surface area contributed by atoms with Crippen LogP contribution in [0.2, 0.25) is 0 Å². The summed E-state index contributed by atoms with van der Waals surface area (Å²) >= 11 is 0. The minimum atomic E-state index is -3.24. The van der Waals surface area contributed by atoms with Gasteiger partial charge in [0.25, 0.3) is 0 Å². The maximum absolute atomic E-state index is 11.5. The molecule has 0 aromatic rings. The lowest BCUT2D eigenvalue weighted by atomic mass is 9.92. The van der Waals surface area contributed by atoms with Crippen LogP contribution in [-0.4, -0.2) is 43.8 Å². The van der Waals surface area contributed by atoms with Crippen LogP contribution in [-0.2, 0) is 14.6 Å². The molecule has 4 nitrogen and oxygen atoms in total. The van der Waals surface area contributed by atoms with Crippen molar-refractivity contribution >= 4 is 9.84 Å². The van der Waals surface area contributed by atoms with E-state index in [4.69, 9.17) is 4.74 Å². The first-order chi connectivity index (χ1) is 6.27. The monoisotopic (exact) mass is 222 g/mol. The average Bonchev–Trinajstić information content (AvgIpc) is 2.52. The van der Waals surface area contributed by atoms with Crippen LogP contribution in [0.15, 0.2) is 0 Å². The summed E-state index contributed by atoms with van der Waals surface area (Å²) in [7, 11) is -3.24. The van der Waals surface area contributed by atoms with E-state index in [9.17, 15) is 13.5 Å². The highest BCUT2D eigenvalue weighted by Gasteiger charge is 2.43. The van der Waals surface area contributed by atoms with Gasteiger partial charge in [0.1, 0.15) is 0 Å². The fourth-order valence-corrected chi connectivity index (χ4v) is 2.22. The minimum absolute atomic E-state index is 0.0558. The number of ether oxygens (including phenoxy) is 1. The second-order valence-corrected chi connectivity index (χ2v) is 7.04. The highest BCUT2D eigenvalue weighted by Crippen LogP contribution is 2.29. The Morgan fingerprint density at radius 2 is 2.07 bits per heavy atom. The van der Waals surface area contributed by atoms with Gasteiger partial charge in [-0.2, -0.15) is 0 Å². The van der Waals surface area contributed by atoms with E-state index < -0.39 is 20.7 Å². The smallest absolute Gasteiger partial charge is 0.155 e. The van der Waals surface area contributed by atoms with Gasteiger partial charge in [-0.3, -0.25) is 0 Å². The summed E-state index contributed by atoms with van der Waals surface area (Å²) in [6.45, 7) is 4.19. The Morgan fingerprint density at radius 1 is 1.50 bits per heavy atom. The van der Waals surface area contributed by atoms with E-state index in [1.807, 2.05) is 0 Å². The predicted molar refractivity (Wildman–Crippen MR) is 53.9 cm³/mol. The van der Waals surface area contributed by atoms with E-state index in [1.54, 1.807) is 13.8 Å². The van der Waals surface area contributed by atoms with E-state index in [0.717, 1.165) is 12.7 Å². The van der Waals surface area contributed by atoms with E-state index >= 15 is 0 Å². The third-order valence-corrected chi connectivity index (χ3v) is 5.23. The number of hydrogen-bond donors (Lipinski definition) is 1. The lowest BCUT2D eigenvalue weighted by Crippen LogP contribution is -2.47. The molecule has 0 spiro atoms. The first-order valence-electron chi connectivity index (χ1n) is 4.72. The Morgan fingerprint density at radius 3 is 2.43 bits per heavy atom. The molecule has 1 aliphatic heterocycles. The molecule has 0 amide bonds. The van der Waals surface area contributed by atoms with Crippen molar-refractivity contribution in [2.75, 3.05) is 19.5 Å². The molecule has 1 heterocycles. The van der Waals surface area contributed by atoms with Crippen LogP contribution in [0.5, 0.6) is 0 Å². The van der Waals surface area contributed by atoms with Crippen LogP contribution >= 0.6 is 0 Å². The van der Waals surface area contributed by atoms with Gasteiger partial charge in [0.15, 0.2) is 9.84 Å². The normalized spacial score (nSPS) is 26.4. The lowest BCUT2D eigenvalue weighted by molar-refractivity contribution is 0.0657. The van der Waals surface area contributed by atoms with Gasteiger partial charge in [-0.25, -0.2) is 8.42 Å². The van der Waals surface area contributed by atoms with Crippen molar-refractivity contribution in [2.24, 2.45) is 5.92 Å². The van der Waals surface area contributed by atoms with Gasteiger partial charge >= 0.3 is 0 Å². The molecule has 2 unspecified atom stereocenters. The third kappa shape index (κ3) is 2.10. The zero-order chi connectivity index (χ0) is 11.0. The molecule has 14 heavy (non-hydrogen) atoms. The number of rotatable bonds is 3. The summed E-state index contributed by atoms with van der Waals surface area (Å²) in [4.78, 5) is 0. The molecule has 0 bridgehead atoms. The van der Waals surface area contributed by atoms with Crippen LogP contribution < -0.4 is 0 Å². The van der Waals surface area contributed by atoms with Crippen molar-refractivity contribution in [1.82, 2.24) is 0 Å². The highest BCUT2D eigenvalue weighted by molar-refractivity contribution is 7.92. The fourth-order valence-electron chi connectivity index (χ4n) is 1.59. The second-order valence-electron chi connectivity index (χ2n) is 4.44. The van der Waals surface area contributed by atoms with Crippen molar-refractivity contribution in [2.45, 2.75) is 31.1 Å². The standard InChI is InChI=1S/C9H18O4S/c1-9(2,14(3,11)12)8(10)7-4-5-13-6-7/h7-8,10H,4-6H2,1-3H3. The van der Waals surface area contributed by atoms with Crippen LogP contribution in [0.1, 0.15) is 20.3 Å². The Bertz CT molecular complexity index is 288. The number of sulfone groups is 1. The molecular weight excluding hydrogens is 204 g/mol. The van der Waals surface area contributed by atoms with Crippen LogP contribution in [0.4, 0.5) is 0 Å². The summed E-state index contributed by atoms with van der Waals surface area (Å²) in [5, 5.41) is 9.95. The van der Waals surface area contributed by atoms with E-state index in [2.05, 4.69) is 0 Å². The zero-order valence-corrected chi connectivity index (χ0v) is 9.67. The maximum Gasteiger partial charge on any atom is 0.155 e. The van der Waals surface area contributed by atoms with Gasteiger partial charge in [-0.15, -0.1) is 0 Å². The Kier molecular flexibility index (Phi) is 3.23. The van der Waals surface area contributed by atoms with Crippen molar-refractivity contribution in [3.63, 3.8) is 0 Å². The van der Waals surface area contributed by atoms with Gasteiger partial charge in [-0.1, -0.05) is 0 Å². The van der Waals surface area contributed by atoms with Crippen molar-refractivity contribution < 1.29 is 18.3 Å². The van der Waals surface area contributed by atoms with Crippen LogP contribution in [0.25, 0.3) is 0 Å². The Balaban J connectivity index is 2.81. The number of aliphatic hydroxyl groups is 1. The third-order valence-electron chi connectivity index (χ3n) is 3.08. The summed E-state index contributed by atoms with van der Waals surface area (Å²) in [5.74, 6) is -0.0558. The predicted octanol–water partition coefficient (Wildman–Crippen LogP) is 0.207. The van der Waals surface area contributed by atoms with Crippen LogP contribution in [0.3, 0.4) is 0 Å². The summed E-state index contributed by atoms with van der Waals surface area (Å²) in [6.07, 6.45) is 1.05. The van der Waals surface area contributed by atoms with Gasteiger partial charge < -0.3 is 9.84 Å². The maximum atomic E-state index is 11.5. The molecule has 0 aliphatic carbocycles. The highest BCUT2D eigenvalue weighted by atomic mass is 32.2. The summed E-state index contributed by atoms with van der Waals surface area (Å²) < 4.78 is 26.9. The SMILES string of the molecule is CC(C)(C(O)C1CCOC1)S(C)(=O)=O. The summed E-state index contributed by atoms with van der Waals surface area (Å²) in [5.41, 5.74) is 0. The van der Waals surface area contributed by atoms with Crippen molar-refractivity contribution in [3.05, 3.63) is 0 Å². The largest absolute Gasteiger partial charge is 0.391 e. The molecule has 0 aromatic carbocycles. The zero-order valence-electron chi connectivity index (χ0n) is 8.86. The molecule has 1 aliphatic rings. The quantitative estimate of drug-likeness (QED) is 0.741. The topological polar surface area (TPSA) is 63.6 Å². The average molecular weight is 222 g/mol. The molecule has 0 aromatic heterocycles. The van der Waals surface area contributed by atoms with Gasteiger partial charge in [0.05, 0.1) is 17.5 Å². The lowest BCUT2D eigenvalue weighted by Gasteiger charge is -2.31. The van der Waals surface area contributed by atoms with Gasteiger partial charge in [0.2, 0.25) is 0 Å². The molecule has 1 N–H and O–H groups in total. The molecule has 84 valence electrons. The fraction of sp³-hybridized carbons (Fsp3) is 1.00. The molecule has 0 saturated carbocycles. The van der Waals surface area contributed by atoms with E-state index in [0.29, 0.717) is 13.2 Å². The molecule has 2 atom stereocenters. The minimum Gasteiger partial charge on any atom is -0.391 e. The molecule has 1 fully saturated rings. The van der Waals surface area contributed by atoms with Gasteiger partial charge in [-0.05, 0) is 20.3 Å². The first kappa shape index (κ1) is 11.9. The molecule has 1 saturated heterocycles. The Hall–Kier alpha value is -0.130. The number of hydrogen-bond acceptors (Lipinski definition) is 4. The Labute approximate surface area is 85.2 Å². The van der Waals surface area contributed by atoms with E-state index in [-0.39, 0.29) is 5.92 Å². The van der Waals surface area contributed by atoms with Crippen molar-refractivity contribution in [3.8, 4) is 0 Å². The first-order valence-corrected chi connectivity index (χ1v) is 6.61. The second kappa shape index (κ2) is 3.79.